The molecular formula is C42H68N8O15. The van der Waals surface area contributed by atoms with E-state index in [9.17, 15) is 43.2 Å². The van der Waals surface area contributed by atoms with Gasteiger partial charge in [-0.25, -0.2) is 9.59 Å². The van der Waals surface area contributed by atoms with Crippen molar-refractivity contribution < 1.29 is 71.6 Å². The summed E-state index contributed by atoms with van der Waals surface area (Å²) in [5, 5.41) is 21.4. The van der Waals surface area contributed by atoms with Gasteiger partial charge in [-0.2, -0.15) is 0 Å². The van der Waals surface area contributed by atoms with Crippen LogP contribution >= 0.6 is 0 Å². The Morgan fingerprint density at radius 3 is 1.02 bits per heavy atom. The number of amides is 8. The maximum Gasteiger partial charge on any atom is 0.407 e. The predicted octanol–water partition coefficient (Wildman–Crippen LogP) is -1.76. The van der Waals surface area contributed by atoms with E-state index in [0.29, 0.717) is 51.4 Å². The summed E-state index contributed by atoms with van der Waals surface area (Å²) in [6.07, 6.45) is -1.43. The Morgan fingerprint density at radius 1 is 0.462 bits per heavy atom. The second kappa shape index (κ2) is 24.4. The van der Waals surface area contributed by atoms with E-state index in [-0.39, 0.29) is 26.4 Å². The first-order valence-electron chi connectivity index (χ1n) is 22.3. The highest BCUT2D eigenvalue weighted by Crippen LogP contribution is 2.20. The van der Waals surface area contributed by atoms with Gasteiger partial charge in [0.05, 0.1) is 31.3 Å². The van der Waals surface area contributed by atoms with Gasteiger partial charge in [-0.3, -0.25) is 33.6 Å². The fourth-order valence-corrected chi connectivity index (χ4v) is 7.75. The van der Waals surface area contributed by atoms with Gasteiger partial charge < -0.3 is 71.0 Å². The van der Waals surface area contributed by atoms with E-state index >= 15 is 0 Å². The zero-order valence-electron chi connectivity index (χ0n) is 38.5. The van der Waals surface area contributed by atoms with Crippen molar-refractivity contribution in [2.24, 2.45) is 0 Å². The minimum Gasteiger partial charge on any atom is -0.467 e. The molecule has 65 heavy (non-hydrogen) atoms. The molecule has 23 nitrogen and oxygen atoms in total. The van der Waals surface area contributed by atoms with Gasteiger partial charge in [-0.05, 0) is 99.8 Å². The highest BCUT2D eigenvalue weighted by atomic mass is 16.6. The summed E-state index contributed by atoms with van der Waals surface area (Å²) in [6, 6.07) is -7.26. The first-order chi connectivity index (χ1) is 30.7. The van der Waals surface area contributed by atoms with Gasteiger partial charge in [0.1, 0.15) is 29.8 Å². The monoisotopic (exact) mass is 924 g/mol. The standard InChI is InChI=1S/C42H68N8O15/c1-21(43-36(54)30-26(14-10-18-62-30)48-35(53)23(3)45-38(56)32-28(16-12-20-64-32)50-41(59)65-42(5,6)7)33(51)47-25-13-9-17-61-29(25)37(55)44-22(2)34(52)49-27-15-11-19-63-31(27)39(57)46-24(4)40(58)60-8/h21-32H,9-20H2,1-8H3,(H,43,54)(H,44,55)(H,45,56)(H,46,57)(H,47,51)(H,48,53)(H,49,52)(H,50,59)/t21-,22+,23-,24+,25-,26+,27-,28+,29-,30+,31-,32+/m1/s1. The number of carbonyl (C=O) groups is 9. The SMILES string of the molecule is COC(=O)[C@H](C)NC(=O)[C@@H]1OCCC[C@H]1NC(=O)[C@H](C)NC(=O)[C@@H]1OCCC[C@H]1NC(=O)[C@@H](C)NC(=O)[C@H]1OCCC[C@@H]1NC(=O)[C@@H](C)NC(=O)[C@H]1OCCC[C@@H]1NC(=O)OC(C)(C)C. The van der Waals surface area contributed by atoms with Gasteiger partial charge in [0.15, 0.2) is 24.4 Å². The fraction of sp³-hybridized carbons (Fsp3) is 0.786. The molecule has 0 saturated carbocycles. The van der Waals surface area contributed by atoms with Crippen molar-refractivity contribution in [3.8, 4) is 0 Å². The average Bonchev–Trinajstić information content (AvgIpc) is 3.25. The highest BCUT2D eigenvalue weighted by molar-refractivity contribution is 5.94. The number of alkyl carbamates (subject to hydrolysis) is 1. The second-order valence-corrected chi connectivity index (χ2v) is 17.8. The number of esters is 1. The maximum atomic E-state index is 13.5. The van der Waals surface area contributed by atoms with Crippen LogP contribution in [-0.2, 0) is 66.8 Å². The molecule has 0 spiro atoms. The van der Waals surface area contributed by atoms with Crippen molar-refractivity contribution in [3.05, 3.63) is 0 Å². The quantitative estimate of drug-likeness (QED) is 0.0796. The van der Waals surface area contributed by atoms with Crippen LogP contribution < -0.4 is 42.5 Å². The van der Waals surface area contributed by atoms with Crippen molar-refractivity contribution in [3.63, 3.8) is 0 Å². The second-order valence-electron chi connectivity index (χ2n) is 17.8. The van der Waals surface area contributed by atoms with Crippen LogP contribution in [0.25, 0.3) is 0 Å². The summed E-state index contributed by atoms with van der Waals surface area (Å²) >= 11 is 0. The Bertz CT molecular complexity index is 1730. The highest BCUT2D eigenvalue weighted by Gasteiger charge is 2.41. The van der Waals surface area contributed by atoms with Crippen LogP contribution in [0.1, 0.15) is 99.8 Å². The summed E-state index contributed by atoms with van der Waals surface area (Å²) in [4.78, 5) is 117. The third-order valence-corrected chi connectivity index (χ3v) is 11.2. The van der Waals surface area contributed by atoms with E-state index in [4.69, 9.17) is 23.7 Å². The van der Waals surface area contributed by atoms with E-state index in [1.807, 2.05) is 0 Å². The largest absolute Gasteiger partial charge is 0.467 e. The number of ether oxygens (including phenoxy) is 6. The lowest BCUT2D eigenvalue weighted by atomic mass is 9.99. The minimum atomic E-state index is -1.18. The number of methoxy groups -OCH3 is 1. The van der Waals surface area contributed by atoms with Crippen molar-refractivity contribution in [2.45, 2.75) is 178 Å². The fourth-order valence-electron chi connectivity index (χ4n) is 7.75. The maximum absolute atomic E-state index is 13.5. The molecule has 23 heteroatoms. The van der Waals surface area contributed by atoms with Gasteiger partial charge in [0.25, 0.3) is 23.6 Å². The molecule has 8 N–H and O–H groups in total. The zero-order valence-corrected chi connectivity index (χ0v) is 38.5. The van der Waals surface area contributed by atoms with Gasteiger partial charge in [0.2, 0.25) is 17.7 Å². The molecule has 4 aliphatic rings. The molecule has 0 aromatic heterocycles. The first-order valence-corrected chi connectivity index (χ1v) is 22.3. The van der Waals surface area contributed by atoms with Crippen molar-refractivity contribution >= 4 is 53.4 Å². The summed E-state index contributed by atoms with van der Waals surface area (Å²) in [6.45, 7) is 12.0. The van der Waals surface area contributed by atoms with Crippen LogP contribution in [0.5, 0.6) is 0 Å². The van der Waals surface area contributed by atoms with Gasteiger partial charge in [-0.1, -0.05) is 0 Å². The average molecular weight is 925 g/mol. The Morgan fingerprint density at radius 2 is 0.738 bits per heavy atom. The number of rotatable bonds is 16. The third kappa shape index (κ3) is 15.8. The lowest BCUT2D eigenvalue weighted by Crippen LogP contribution is -2.62. The summed E-state index contributed by atoms with van der Waals surface area (Å²) in [5.41, 5.74) is -0.749. The van der Waals surface area contributed by atoms with Crippen LogP contribution in [0.3, 0.4) is 0 Å². The normalized spacial score (nSPS) is 27.6. The molecule has 4 saturated heterocycles. The Labute approximate surface area is 378 Å². The Hall–Kier alpha value is -5.13. The predicted molar refractivity (Wildman–Crippen MR) is 227 cm³/mol. The molecule has 4 heterocycles. The van der Waals surface area contributed by atoms with Gasteiger partial charge in [0, 0.05) is 26.4 Å². The Balaban J connectivity index is 1.27. The van der Waals surface area contributed by atoms with Crippen molar-refractivity contribution in [1.29, 1.82) is 0 Å². The molecule has 0 aromatic rings. The molecule has 0 aliphatic carbocycles. The smallest absolute Gasteiger partial charge is 0.407 e. The van der Waals surface area contributed by atoms with Crippen LogP contribution in [0.4, 0.5) is 4.79 Å². The lowest BCUT2D eigenvalue weighted by Gasteiger charge is -2.35. The molecule has 0 bridgehead atoms. The molecule has 366 valence electrons. The van der Waals surface area contributed by atoms with Crippen molar-refractivity contribution in [2.75, 3.05) is 33.5 Å². The van der Waals surface area contributed by atoms with Crippen LogP contribution in [-0.4, -0.2) is 165 Å². The summed E-state index contributed by atoms with van der Waals surface area (Å²) in [7, 11) is 1.19. The van der Waals surface area contributed by atoms with E-state index < -0.39 is 132 Å². The van der Waals surface area contributed by atoms with E-state index in [1.54, 1.807) is 20.8 Å². The zero-order chi connectivity index (χ0) is 48.0. The molecule has 0 aromatic carbocycles. The molecule has 4 fully saturated rings. The number of carbonyl (C=O) groups excluding carboxylic acids is 9. The molecule has 4 aliphatic heterocycles. The van der Waals surface area contributed by atoms with Crippen LogP contribution in [0.2, 0.25) is 0 Å². The number of hydrogen-bond acceptors (Lipinski definition) is 15. The molecule has 0 radical (unpaired) electrons. The van der Waals surface area contributed by atoms with Crippen LogP contribution in [0.15, 0.2) is 0 Å². The third-order valence-electron chi connectivity index (χ3n) is 11.2. The first kappa shape index (κ1) is 52.5. The van der Waals surface area contributed by atoms with E-state index in [2.05, 4.69) is 47.3 Å². The summed E-state index contributed by atoms with van der Waals surface area (Å²) < 4.78 is 32.8. The molecule has 4 rings (SSSR count). The minimum absolute atomic E-state index is 0.214. The van der Waals surface area contributed by atoms with Gasteiger partial charge >= 0.3 is 12.1 Å². The summed E-state index contributed by atoms with van der Waals surface area (Å²) in [5.74, 6) is -5.03. The number of hydrogen-bond donors (Lipinski definition) is 8. The van der Waals surface area contributed by atoms with E-state index in [0.717, 1.165) is 0 Å². The molecule has 0 unspecified atom stereocenters. The topological polar surface area (TPSA) is 305 Å². The lowest BCUT2D eigenvalue weighted by molar-refractivity contribution is -0.149. The molecule has 12 atom stereocenters. The van der Waals surface area contributed by atoms with Crippen molar-refractivity contribution in [1.82, 2.24) is 42.5 Å². The van der Waals surface area contributed by atoms with Gasteiger partial charge in [-0.15, -0.1) is 0 Å². The molecule has 8 amide bonds. The Kier molecular flexibility index (Phi) is 19.7. The number of nitrogens with one attached hydrogen (secondary N) is 8. The van der Waals surface area contributed by atoms with E-state index in [1.165, 1.54) is 34.8 Å². The van der Waals surface area contributed by atoms with Crippen LogP contribution in [0, 0.1) is 0 Å². The molecular weight excluding hydrogens is 857 g/mol.